The summed E-state index contributed by atoms with van der Waals surface area (Å²) in [6.07, 6.45) is 3.71. The quantitative estimate of drug-likeness (QED) is 0.527. The van der Waals surface area contributed by atoms with Gasteiger partial charge in [0.05, 0.1) is 11.6 Å². The second-order valence-electron chi connectivity index (χ2n) is 2.53. The molecule has 14 heavy (non-hydrogen) atoms. The van der Waals surface area contributed by atoms with Crippen molar-refractivity contribution in [2.75, 3.05) is 0 Å². The number of rotatable bonds is 2. The largest absolute Gasteiger partial charge is 0.478 e. The lowest BCUT2D eigenvalue weighted by atomic mass is 10.1. The summed E-state index contributed by atoms with van der Waals surface area (Å²) < 4.78 is 4.68. The molecule has 0 bridgehead atoms. The fourth-order valence-corrected chi connectivity index (χ4v) is 0.995. The molecule has 72 valence electrons. The number of carboxylic acids is 1. The van der Waals surface area contributed by atoms with Crippen molar-refractivity contribution in [2.45, 2.75) is 0 Å². The number of cyclic esters (lactones) is 1. The fraction of sp³-hybridized carbons (Fsp3) is 0. The standard InChI is InChI=1S/C10H8O4/c1-3-4-7-6(2)10(13)14-8(7)5-9(11)12/h3-5H,1-2H2,(H,11,12)/b7-4+,8-5?. The molecule has 4 nitrogen and oxygen atoms in total. The first-order chi connectivity index (χ1) is 6.56. The average Bonchev–Trinajstić information content (AvgIpc) is 2.32. The van der Waals surface area contributed by atoms with E-state index in [1.54, 1.807) is 0 Å². The normalized spacial score (nSPS) is 21.4. The van der Waals surface area contributed by atoms with Crippen LogP contribution in [0.5, 0.6) is 0 Å². The molecule has 1 fully saturated rings. The summed E-state index contributed by atoms with van der Waals surface area (Å²) in [4.78, 5) is 21.4. The Morgan fingerprint density at radius 1 is 1.50 bits per heavy atom. The van der Waals surface area contributed by atoms with Gasteiger partial charge in [-0.2, -0.15) is 0 Å². The highest BCUT2D eigenvalue weighted by Crippen LogP contribution is 2.28. The molecule has 1 rings (SSSR count). The molecule has 1 aliphatic heterocycles. The van der Waals surface area contributed by atoms with Gasteiger partial charge >= 0.3 is 11.9 Å². The molecule has 0 aromatic carbocycles. The number of carbonyl (C=O) groups excluding carboxylic acids is 1. The van der Waals surface area contributed by atoms with E-state index in [2.05, 4.69) is 17.9 Å². The molecule has 0 saturated carbocycles. The van der Waals surface area contributed by atoms with Crippen LogP contribution in [0, 0.1) is 0 Å². The van der Waals surface area contributed by atoms with E-state index in [1.807, 2.05) is 0 Å². The molecule has 0 aliphatic carbocycles. The third kappa shape index (κ3) is 1.80. The van der Waals surface area contributed by atoms with Gasteiger partial charge in [-0.25, -0.2) is 9.59 Å². The highest BCUT2D eigenvalue weighted by atomic mass is 16.5. The lowest BCUT2D eigenvalue weighted by molar-refractivity contribution is -0.132. The molecule has 4 heteroatoms. The summed E-state index contributed by atoms with van der Waals surface area (Å²) in [6.45, 7) is 6.91. The predicted octanol–water partition coefficient (Wildman–Crippen LogP) is 1.18. The Kier molecular flexibility index (Phi) is 2.67. The van der Waals surface area contributed by atoms with E-state index in [0.29, 0.717) is 5.57 Å². The van der Waals surface area contributed by atoms with Crippen LogP contribution in [0.25, 0.3) is 0 Å². The Balaban J connectivity index is 3.16. The van der Waals surface area contributed by atoms with E-state index in [4.69, 9.17) is 5.11 Å². The van der Waals surface area contributed by atoms with E-state index < -0.39 is 11.9 Å². The number of allylic oxidation sites excluding steroid dienone is 3. The molecule has 1 N–H and O–H groups in total. The number of ether oxygens (including phenoxy) is 1. The van der Waals surface area contributed by atoms with E-state index in [0.717, 1.165) is 6.08 Å². The first-order valence-corrected chi connectivity index (χ1v) is 3.75. The highest BCUT2D eigenvalue weighted by Gasteiger charge is 2.28. The van der Waals surface area contributed by atoms with Gasteiger partial charge in [-0.3, -0.25) is 0 Å². The van der Waals surface area contributed by atoms with Crippen LogP contribution < -0.4 is 0 Å². The first-order valence-electron chi connectivity index (χ1n) is 3.75. The average molecular weight is 192 g/mol. The Labute approximate surface area is 80.5 Å². The molecule has 0 unspecified atom stereocenters. The number of esters is 1. The van der Waals surface area contributed by atoms with Gasteiger partial charge in [0.2, 0.25) is 0 Å². The third-order valence-electron chi connectivity index (χ3n) is 1.58. The lowest BCUT2D eigenvalue weighted by Gasteiger charge is -1.94. The van der Waals surface area contributed by atoms with Crippen LogP contribution in [0.4, 0.5) is 0 Å². The van der Waals surface area contributed by atoms with Crippen molar-refractivity contribution in [1.29, 1.82) is 0 Å². The van der Waals surface area contributed by atoms with E-state index in [9.17, 15) is 9.59 Å². The molecule has 0 atom stereocenters. The van der Waals surface area contributed by atoms with Gasteiger partial charge in [0.15, 0.2) is 0 Å². The smallest absolute Gasteiger partial charge is 0.343 e. The van der Waals surface area contributed by atoms with Crippen molar-refractivity contribution in [1.82, 2.24) is 0 Å². The lowest BCUT2D eigenvalue weighted by Crippen LogP contribution is -1.94. The van der Waals surface area contributed by atoms with Crippen LogP contribution in [0.15, 0.2) is 48.3 Å². The molecule has 0 radical (unpaired) electrons. The maximum Gasteiger partial charge on any atom is 0.343 e. The molecule has 1 aliphatic rings. The summed E-state index contributed by atoms with van der Waals surface area (Å²) >= 11 is 0. The number of carbonyl (C=O) groups is 2. The van der Waals surface area contributed by atoms with E-state index in [-0.39, 0.29) is 11.3 Å². The second-order valence-corrected chi connectivity index (χ2v) is 2.53. The van der Waals surface area contributed by atoms with E-state index in [1.165, 1.54) is 12.2 Å². The summed E-state index contributed by atoms with van der Waals surface area (Å²) in [5.41, 5.74) is 0.491. The van der Waals surface area contributed by atoms with Gasteiger partial charge in [-0.05, 0) is 0 Å². The van der Waals surface area contributed by atoms with Crippen molar-refractivity contribution in [3.8, 4) is 0 Å². The summed E-state index contributed by atoms with van der Waals surface area (Å²) in [7, 11) is 0. The van der Waals surface area contributed by atoms with Crippen LogP contribution in [-0.2, 0) is 14.3 Å². The third-order valence-corrected chi connectivity index (χ3v) is 1.58. The molecule has 0 aromatic rings. The Morgan fingerprint density at radius 2 is 2.14 bits per heavy atom. The Hall–Kier alpha value is -2.10. The zero-order valence-electron chi connectivity index (χ0n) is 7.32. The number of hydrogen-bond donors (Lipinski definition) is 1. The van der Waals surface area contributed by atoms with Crippen LogP contribution in [0.2, 0.25) is 0 Å². The van der Waals surface area contributed by atoms with Crippen LogP contribution >= 0.6 is 0 Å². The minimum Gasteiger partial charge on any atom is -0.478 e. The van der Waals surface area contributed by atoms with Crippen LogP contribution in [0.3, 0.4) is 0 Å². The molecular formula is C10H8O4. The van der Waals surface area contributed by atoms with Crippen molar-refractivity contribution in [3.05, 3.63) is 48.3 Å². The van der Waals surface area contributed by atoms with E-state index >= 15 is 0 Å². The molecule has 0 spiro atoms. The van der Waals surface area contributed by atoms with Gasteiger partial charge in [-0.15, -0.1) is 0 Å². The minimum absolute atomic E-state index is 0.00704. The zero-order chi connectivity index (χ0) is 10.7. The number of aliphatic carboxylic acids is 1. The van der Waals surface area contributed by atoms with Gasteiger partial charge in [0.1, 0.15) is 5.76 Å². The first kappa shape index (κ1) is 9.98. The number of carboxylic acid groups (broad SMARTS) is 1. The zero-order valence-corrected chi connectivity index (χ0v) is 7.32. The predicted molar refractivity (Wildman–Crippen MR) is 49.2 cm³/mol. The minimum atomic E-state index is -1.18. The fourth-order valence-electron chi connectivity index (χ4n) is 0.995. The summed E-state index contributed by atoms with van der Waals surface area (Å²) in [5, 5.41) is 8.48. The van der Waals surface area contributed by atoms with Crippen molar-refractivity contribution in [3.63, 3.8) is 0 Å². The van der Waals surface area contributed by atoms with Gasteiger partial charge < -0.3 is 9.84 Å². The molecular weight excluding hydrogens is 184 g/mol. The van der Waals surface area contributed by atoms with Crippen LogP contribution in [-0.4, -0.2) is 17.0 Å². The van der Waals surface area contributed by atoms with Gasteiger partial charge in [-0.1, -0.05) is 25.3 Å². The summed E-state index contributed by atoms with van der Waals surface area (Å²) in [5.74, 6) is -1.82. The summed E-state index contributed by atoms with van der Waals surface area (Å²) in [6, 6.07) is 0. The monoisotopic (exact) mass is 192 g/mol. The van der Waals surface area contributed by atoms with Gasteiger partial charge in [0.25, 0.3) is 0 Å². The van der Waals surface area contributed by atoms with Crippen LogP contribution in [0.1, 0.15) is 0 Å². The molecule has 1 saturated heterocycles. The number of hydrogen-bond acceptors (Lipinski definition) is 3. The van der Waals surface area contributed by atoms with Crippen molar-refractivity contribution < 1.29 is 19.4 Å². The maximum absolute atomic E-state index is 11.0. The topological polar surface area (TPSA) is 63.6 Å². The Morgan fingerprint density at radius 3 is 2.64 bits per heavy atom. The highest BCUT2D eigenvalue weighted by molar-refractivity contribution is 6.00. The Bertz CT molecular complexity index is 385. The van der Waals surface area contributed by atoms with Crippen molar-refractivity contribution >= 4 is 11.9 Å². The second kappa shape index (κ2) is 3.74. The molecule has 0 amide bonds. The van der Waals surface area contributed by atoms with Crippen molar-refractivity contribution in [2.24, 2.45) is 0 Å². The van der Waals surface area contributed by atoms with Gasteiger partial charge in [0, 0.05) is 5.57 Å². The SMILES string of the molecule is C=C/C=C1\C(=C)C(=O)OC1=CC(=O)O. The molecule has 0 aromatic heterocycles. The molecule has 1 heterocycles. The maximum atomic E-state index is 11.0.